The molecule has 0 saturated heterocycles. The Morgan fingerprint density at radius 1 is 0.684 bits per heavy atom. The van der Waals surface area contributed by atoms with Gasteiger partial charge in [0.15, 0.2) is 0 Å². The zero-order valence-corrected chi connectivity index (χ0v) is 12.2. The van der Waals surface area contributed by atoms with Gasteiger partial charge in [0.25, 0.3) is 0 Å². The average Bonchev–Trinajstić information content (AvgIpc) is 2.37. The molecule has 0 spiro atoms. The van der Waals surface area contributed by atoms with Crippen LogP contribution in [-0.2, 0) is 0 Å². The number of hydrogen-bond donors (Lipinski definition) is 0. The Morgan fingerprint density at radius 2 is 1.16 bits per heavy atom. The van der Waals surface area contributed by atoms with Gasteiger partial charge >= 0.3 is 0 Å². The van der Waals surface area contributed by atoms with Crippen molar-refractivity contribution in [1.82, 2.24) is 4.48 Å². The third-order valence-corrected chi connectivity index (χ3v) is 2.66. The van der Waals surface area contributed by atoms with Gasteiger partial charge in [-0.25, -0.2) is 0 Å². The van der Waals surface area contributed by atoms with Crippen LogP contribution in [0.4, 0.5) is 17.1 Å². The summed E-state index contributed by atoms with van der Waals surface area (Å²) in [5.41, 5.74) is 2.98. The SMILES string of the molecule is C[N+](C)(C)c1ccc(N=Nc2ccccc2)cc1.[Cl-]. The van der Waals surface area contributed by atoms with Crippen molar-refractivity contribution in [1.29, 1.82) is 0 Å². The van der Waals surface area contributed by atoms with Crippen molar-refractivity contribution in [3.05, 3.63) is 54.6 Å². The van der Waals surface area contributed by atoms with Gasteiger partial charge < -0.3 is 12.4 Å². The number of azo groups is 1. The van der Waals surface area contributed by atoms with Gasteiger partial charge in [-0.3, -0.25) is 4.48 Å². The van der Waals surface area contributed by atoms with Gasteiger partial charge in [-0.05, 0) is 24.3 Å². The lowest BCUT2D eigenvalue weighted by Crippen LogP contribution is -3.00. The molecule has 3 nitrogen and oxygen atoms in total. The second kappa shape index (κ2) is 6.45. The highest BCUT2D eigenvalue weighted by Crippen LogP contribution is 2.23. The molecule has 4 heteroatoms. The van der Waals surface area contributed by atoms with E-state index in [0.29, 0.717) is 0 Å². The third kappa shape index (κ3) is 4.47. The van der Waals surface area contributed by atoms with Crippen LogP contribution in [0.15, 0.2) is 64.8 Å². The van der Waals surface area contributed by atoms with Gasteiger partial charge in [0, 0.05) is 12.1 Å². The van der Waals surface area contributed by atoms with E-state index in [1.165, 1.54) is 5.69 Å². The number of benzene rings is 2. The Bertz CT molecular complexity index is 528. The van der Waals surface area contributed by atoms with E-state index in [1.807, 2.05) is 42.5 Å². The van der Waals surface area contributed by atoms with E-state index in [2.05, 4.69) is 43.5 Å². The molecule has 0 aromatic heterocycles. The molecule has 0 heterocycles. The molecule has 0 radical (unpaired) electrons. The van der Waals surface area contributed by atoms with Gasteiger partial charge in [-0.1, -0.05) is 18.2 Å². The van der Waals surface area contributed by atoms with E-state index in [9.17, 15) is 0 Å². The molecule has 0 fully saturated rings. The van der Waals surface area contributed by atoms with Crippen molar-refractivity contribution >= 4 is 17.1 Å². The van der Waals surface area contributed by atoms with Crippen LogP contribution >= 0.6 is 0 Å². The van der Waals surface area contributed by atoms with Crippen LogP contribution < -0.4 is 16.9 Å². The molecule has 2 aromatic carbocycles. The van der Waals surface area contributed by atoms with Crippen molar-refractivity contribution in [2.24, 2.45) is 10.2 Å². The van der Waals surface area contributed by atoms with E-state index < -0.39 is 0 Å². The van der Waals surface area contributed by atoms with Crippen LogP contribution in [0.25, 0.3) is 0 Å². The zero-order valence-electron chi connectivity index (χ0n) is 11.4. The fourth-order valence-electron chi connectivity index (χ4n) is 1.58. The molecule has 0 aliphatic heterocycles. The molecule has 2 aromatic rings. The maximum Gasteiger partial charge on any atom is 0.132 e. The number of rotatable bonds is 3. The molecule has 0 saturated carbocycles. The summed E-state index contributed by atoms with van der Waals surface area (Å²) in [6.07, 6.45) is 0. The Hall–Kier alpha value is -1.71. The summed E-state index contributed by atoms with van der Waals surface area (Å²) in [5, 5.41) is 8.41. The molecule has 0 atom stereocenters. The normalized spacial score (nSPS) is 11.3. The summed E-state index contributed by atoms with van der Waals surface area (Å²) in [7, 11) is 6.42. The maximum absolute atomic E-state index is 4.22. The van der Waals surface area contributed by atoms with Crippen molar-refractivity contribution < 1.29 is 12.4 Å². The van der Waals surface area contributed by atoms with Crippen molar-refractivity contribution in [2.45, 2.75) is 0 Å². The Labute approximate surface area is 120 Å². The second-order valence-electron chi connectivity index (χ2n) is 5.06. The highest BCUT2D eigenvalue weighted by Gasteiger charge is 2.10. The van der Waals surface area contributed by atoms with E-state index >= 15 is 0 Å². The van der Waals surface area contributed by atoms with E-state index in [0.717, 1.165) is 15.9 Å². The first kappa shape index (κ1) is 15.3. The molecule has 2 rings (SSSR count). The third-order valence-electron chi connectivity index (χ3n) is 2.66. The monoisotopic (exact) mass is 275 g/mol. The standard InChI is InChI=1S/C15H18N3.ClH/c1-18(2,3)15-11-9-14(10-12-15)17-16-13-7-5-4-6-8-13;/h4-12H,1-3H3;1H/q+1;/p-1. The van der Waals surface area contributed by atoms with Gasteiger partial charge in [0.05, 0.1) is 32.5 Å². The summed E-state index contributed by atoms with van der Waals surface area (Å²) in [5.74, 6) is 0. The predicted octanol–water partition coefficient (Wildman–Crippen LogP) is 1.30. The molecule has 100 valence electrons. The Morgan fingerprint density at radius 3 is 1.63 bits per heavy atom. The molecule has 0 bridgehead atoms. The summed E-state index contributed by atoms with van der Waals surface area (Å²) < 4.78 is 0.802. The van der Waals surface area contributed by atoms with Crippen molar-refractivity contribution in [3.63, 3.8) is 0 Å². The zero-order chi connectivity index (χ0) is 13.0. The first-order chi connectivity index (χ1) is 8.55. The lowest BCUT2D eigenvalue weighted by molar-refractivity contribution is -0.00000399. The lowest BCUT2D eigenvalue weighted by atomic mass is 10.2. The van der Waals surface area contributed by atoms with Crippen LogP contribution in [0.5, 0.6) is 0 Å². The molecule has 0 amide bonds. The summed E-state index contributed by atoms with van der Waals surface area (Å²) in [4.78, 5) is 0. The van der Waals surface area contributed by atoms with Crippen molar-refractivity contribution in [3.8, 4) is 0 Å². The van der Waals surface area contributed by atoms with Crippen LogP contribution in [-0.4, -0.2) is 21.1 Å². The summed E-state index contributed by atoms with van der Waals surface area (Å²) in [6, 6.07) is 17.9. The second-order valence-corrected chi connectivity index (χ2v) is 5.06. The topological polar surface area (TPSA) is 24.7 Å². The van der Waals surface area contributed by atoms with Crippen molar-refractivity contribution in [2.75, 3.05) is 21.1 Å². The predicted molar refractivity (Wildman–Crippen MR) is 76.6 cm³/mol. The molecule has 0 aliphatic rings. The van der Waals surface area contributed by atoms with Gasteiger partial charge in [0.2, 0.25) is 0 Å². The molecule has 19 heavy (non-hydrogen) atoms. The largest absolute Gasteiger partial charge is 1.00 e. The maximum atomic E-state index is 4.22. The van der Waals surface area contributed by atoms with Crippen LogP contribution in [0.2, 0.25) is 0 Å². The quantitative estimate of drug-likeness (QED) is 0.596. The number of halogens is 1. The molecule has 0 unspecified atom stereocenters. The van der Waals surface area contributed by atoms with E-state index in [1.54, 1.807) is 0 Å². The Kier molecular flexibility index (Phi) is 5.21. The van der Waals surface area contributed by atoms with E-state index in [4.69, 9.17) is 0 Å². The number of hydrogen-bond acceptors (Lipinski definition) is 2. The average molecular weight is 276 g/mol. The highest BCUT2D eigenvalue weighted by molar-refractivity contribution is 5.49. The minimum atomic E-state index is 0. The van der Waals surface area contributed by atoms with Gasteiger partial charge in [-0.15, -0.1) is 0 Å². The highest BCUT2D eigenvalue weighted by atomic mass is 35.5. The number of nitrogens with zero attached hydrogens (tertiary/aromatic N) is 3. The smallest absolute Gasteiger partial charge is 0.132 e. The van der Waals surface area contributed by atoms with Crippen LogP contribution in [0, 0.1) is 0 Å². The first-order valence-electron chi connectivity index (χ1n) is 5.94. The van der Waals surface area contributed by atoms with Gasteiger partial charge in [0.1, 0.15) is 5.69 Å². The minimum absolute atomic E-state index is 0. The molecule has 0 aliphatic carbocycles. The van der Waals surface area contributed by atoms with Gasteiger partial charge in [-0.2, -0.15) is 10.2 Å². The summed E-state index contributed by atoms with van der Waals surface area (Å²) in [6.45, 7) is 0. The van der Waals surface area contributed by atoms with E-state index in [-0.39, 0.29) is 12.4 Å². The van der Waals surface area contributed by atoms with Crippen LogP contribution in [0.1, 0.15) is 0 Å². The Balaban J connectivity index is 0.00000180. The molecule has 0 N–H and O–H groups in total. The number of quaternary nitrogens is 1. The lowest BCUT2D eigenvalue weighted by Gasteiger charge is -2.23. The fraction of sp³-hybridized carbons (Fsp3) is 0.200. The van der Waals surface area contributed by atoms with Crippen LogP contribution in [0.3, 0.4) is 0 Å². The minimum Gasteiger partial charge on any atom is -1.00 e. The fourth-order valence-corrected chi connectivity index (χ4v) is 1.58. The summed E-state index contributed by atoms with van der Waals surface area (Å²) >= 11 is 0. The first-order valence-corrected chi connectivity index (χ1v) is 5.94. The molecular weight excluding hydrogens is 258 g/mol. The molecular formula is C15H18ClN3.